The number of hydrogen-bond donors (Lipinski definition) is 4. The van der Waals surface area contributed by atoms with Crippen molar-refractivity contribution in [3.05, 3.63) is 139 Å². The number of amides is 2. The van der Waals surface area contributed by atoms with Gasteiger partial charge in [-0.25, -0.2) is 4.79 Å². The number of aliphatic hydroxyl groups is 1. The fourth-order valence-corrected chi connectivity index (χ4v) is 5.05. The zero-order valence-electron chi connectivity index (χ0n) is 25.8. The first-order valence-electron chi connectivity index (χ1n) is 15.3. The number of hydrogen-bond acceptors (Lipinski definition) is 7. The topological polar surface area (TPSA) is 132 Å². The number of allylic oxidation sites excluding steroid dienone is 1. The average molecular weight is 632 g/mol. The van der Waals surface area contributed by atoms with Gasteiger partial charge in [0.2, 0.25) is 5.91 Å². The molecular weight excluding hydrogens is 594 g/mol. The number of benzene rings is 5. The molecule has 0 bridgehead atoms. The van der Waals surface area contributed by atoms with Crippen LogP contribution < -0.4 is 25.8 Å². The molecule has 0 unspecified atom stereocenters. The number of carbonyl (C=O) groups excluding carboxylic acids is 2. The van der Waals surface area contributed by atoms with Crippen molar-refractivity contribution < 1.29 is 28.9 Å². The first-order valence-corrected chi connectivity index (χ1v) is 15.3. The van der Waals surface area contributed by atoms with Crippen molar-refractivity contribution in [2.45, 2.75) is 25.0 Å². The lowest BCUT2D eigenvalue weighted by Crippen LogP contribution is -2.31. The molecule has 5 aromatic rings. The van der Waals surface area contributed by atoms with Gasteiger partial charge in [0.1, 0.15) is 24.2 Å². The number of carbonyl (C=O) groups is 2. The van der Waals surface area contributed by atoms with E-state index in [1.54, 1.807) is 54.6 Å². The van der Waals surface area contributed by atoms with E-state index in [0.717, 1.165) is 10.8 Å². The van der Waals surface area contributed by atoms with Gasteiger partial charge in [0.15, 0.2) is 6.10 Å². The van der Waals surface area contributed by atoms with Crippen molar-refractivity contribution in [1.82, 2.24) is 0 Å². The van der Waals surface area contributed by atoms with Crippen LogP contribution in [0.1, 0.15) is 24.5 Å². The highest BCUT2D eigenvalue weighted by molar-refractivity contribution is 6.01. The number of nitrogen functional groups attached to an aromatic ring is 1. The Morgan fingerprint density at radius 3 is 2.26 bits per heavy atom. The second kappa shape index (κ2) is 16.5. The molecule has 5 aromatic carbocycles. The third-order valence-electron chi connectivity index (χ3n) is 7.30. The fourth-order valence-electron chi connectivity index (χ4n) is 5.05. The maximum atomic E-state index is 13.5. The van der Waals surface area contributed by atoms with Crippen molar-refractivity contribution in [2.24, 2.45) is 0 Å². The lowest BCUT2D eigenvalue weighted by molar-refractivity contribution is -0.111. The summed E-state index contributed by atoms with van der Waals surface area (Å²) in [6, 6.07) is 36.9. The Kier molecular flexibility index (Phi) is 11.4. The molecule has 0 fully saturated rings. The Morgan fingerprint density at radius 1 is 0.766 bits per heavy atom. The zero-order chi connectivity index (χ0) is 32.8. The van der Waals surface area contributed by atoms with Crippen LogP contribution in [-0.2, 0) is 9.53 Å². The van der Waals surface area contributed by atoms with Gasteiger partial charge in [-0.15, -0.1) is 0 Å². The summed E-state index contributed by atoms with van der Waals surface area (Å²) in [5, 5.41) is 16.7. The third-order valence-corrected chi connectivity index (χ3v) is 7.30. The maximum absolute atomic E-state index is 13.5. The minimum absolute atomic E-state index is 0.112. The van der Waals surface area contributed by atoms with E-state index < -0.39 is 18.3 Å². The van der Waals surface area contributed by atoms with E-state index in [2.05, 4.69) is 10.6 Å². The lowest BCUT2D eigenvalue weighted by atomic mass is 10.00. The highest BCUT2D eigenvalue weighted by atomic mass is 16.6. The predicted octanol–water partition coefficient (Wildman–Crippen LogP) is 7.51. The summed E-state index contributed by atoms with van der Waals surface area (Å²) in [6.45, 7) is 0.0440. The number of aliphatic hydroxyl groups excluding tert-OH is 1. The van der Waals surface area contributed by atoms with Crippen LogP contribution in [-0.4, -0.2) is 36.4 Å². The highest BCUT2D eigenvalue weighted by Crippen LogP contribution is 2.31. The highest BCUT2D eigenvalue weighted by Gasteiger charge is 2.29. The number of nitrogens with one attached hydrogen (secondary N) is 2. The summed E-state index contributed by atoms with van der Waals surface area (Å²) in [4.78, 5) is 26.1. The normalized spacial score (nSPS) is 12.3. The first-order chi connectivity index (χ1) is 23.0. The molecule has 5 N–H and O–H groups in total. The predicted molar refractivity (Wildman–Crippen MR) is 185 cm³/mol. The zero-order valence-corrected chi connectivity index (χ0v) is 25.8. The maximum Gasteiger partial charge on any atom is 0.412 e. The molecule has 0 saturated carbocycles. The smallest absolute Gasteiger partial charge is 0.412 e. The van der Waals surface area contributed by atoms with E-state index in [4.69, 9.17) is 25.1 Å². The summed E-state index contributed by atoms with van der Waals surface area (Å²) in [5.41, 5.74) is 8.25. The molecule has 0 aliphatic rings. The minimum Gasteiger partial charge on any atom is -0.491 e. The molecule has 47 heavy (non-hydrogen) atoms. The second-order valence-electron chi connectivity index (χ2n) is 10.6. The molecule has 9 nitrogen and oxygen atoms in total. The van der Waals surface area contributed by atoms with Crippen molar-refractivity contribution in [2.75, 3.05) is 29.6 Å². The van der Waals surface area contributed by atoms with Crippen molar-refractivity contribution in [1.29, 1.82) is 0 Å². The molecule has 9 heteroatoms. The van der Waals surface area contributed by atoms with Crippen LogP contribution in [0.4, 0.5) is 21.9 Å². The molecule has 0 aliphatic heterocycles. The van der Waals surface area contributed by atoms with E-state index >= 15 is 0 Å². The Labute approximate surface area is 273 Å². The van der Waals surface area contributed by atoms with Crippen molar-refractivity contribution in [3.8, 4) is 11.5 Å². The summed E-state index contributed by atoms with van der Waals surface area (Å²) >= 11 is 0. The van der Waals surface area contributed by atoms with Gasteiger partial charge in [-0.2, -0.15) is 0 Å². The van der Waals surface area contributed by atoms with E-state index in [-0.39, 0.29) is 19.1 Å². The monoisotopic (exact) mass is 631 g/mol. The quantitative estimate of drug-likeness (QED) is 0.0737. The van der Waals surface area contributed by atoms with E-state index in [1.807, 2.05) is 72.8 Å². The summed E-state index contributed by atoms with van der Waals surface area (Å²) in [7, 11) is 0. The summed E-state index contributed by atoms with van der Waals surface area (Å²) in [5.74, 6) is 0.851. The molecule has 2 amide bonds. The first kappa shape index (κ1) is 32.6. The van der Waals surface area contributed by atoms with Crippen LogP contribution in [0.2, 0.25) is 0 Å². The number of anilines is 3. The molecule has 0 radical (unpaired) electrons. The van der Waals surface area contributed by atoms with Crippen LogP contribution >= 0.6 is 0 Å². The van der Waals surface area contributed by atoms with Gasteiger partial charge in [-0.3, -0.25) is 10.1 Å². The number of para-hydroxylation sites is 3. The molecule has 0 aromatic heterocycles. The largest absolute Gasteiger partial charge is 0.491 e. The standard InChI is InChI=1S/C38H37N3O6/c39-32-16-6-7-17-34(32)40-36(43)20-9-8-19-35(46-30-13-2-1-3-14-30)37(28-21-23-29(24-22-28)45-26-25-42)47-38(44)41-33-18-10-12-27-11-4-5-15-31(27)33/h1-7,9-18,20-24,35,37,42H,8,19,25-26,39H2,(H,40,43)(H,41,44)/b20-9+/t35-,37-/m0/s1. The van der Waals surface area contributed by atoms with Gasteiger partial charge in [-0.1, -0.05) is 84.9 Å². The van der Waals surface area contributed by atoms with Crippen LogP contribution in [0.5, 0.6) is 11.5 Å². The number of nitrogens with two attached hydrogens (primary N) is 1. The fraction of sp³-hybridized carbons (Fsp3) is 0.158. The van der Waals surface area contributed by atoms with Crippen molar-refractivity contribution >= 4 is 39.8 Å². The van der Waals surface area contributed by atoms with Gasteiger partial charge in [0.05, 0.1) is 23.7 Å². The van der Waals surface area contributed by atoms with Crippen LogP contribution in [0.25, 0.3) is 10.8 Å². The van der Waals surface area contributed by atoms with Gasteiger partial charge >= 0.3 is 6.09 Å². The Hall–Kier alpha value is -5.80. The number of rotatable bonds is 14. The van der Waals surface area contributed by atoms with Gasteiger partial charge in [-0.05, 0) is 72.3 Å². The molecule has 0 saturated heterocycles. The van der Waals surface area contributed by atoms with Crippen LogP contribution in [0.3, 0.4) is 0 Å². The van der Waals surface area contributed by atoms with Gasteiger partial charge < -0.3 is 30.4 Å². The van der Waals surface area contributed by atoms with Crippen molar-refractivity contribution in [3.63, 3.8) is 0 Å². The second-order valence-corrected chi connectivity index (χ2v) is 10.6. The van der Waals surface area contributed by atoms with E-state index in [9.17, 15) is 9.59 Å². The Balaban J connectivity index is 1.38. The molecular formula is C38H37N3O6. The van der Waals surface area contributed by atoms with Gasteiger partial charge in [0, 0.05) is 5.39 Å². The average Bonchev–Trinajstić information content (AvgIpc) is 3.09. The lowest BCUT2D eigenvalue weighted by Gasteiger charge is -2.28. The Morgan fingerprint density at radius 2 is 1.47 bits per heavy atom. The summed E-state index contributed by atoms with van der Waals surface area (Å²) in [6.07, 6.45) is 1.90. The van der Waals surface area contributed by atoms with Crippen LogP contribution in [0.15, 0.2) is 133 Å². The van der Waals surface area contributed by atoms with E-state index in [0.29, 0.717) is 47.0 Å². The molecule has 5 rings (SSSR count). The molecule has 0 spiro atoms. The Bertz CT molecular complexity index is 1790. The minimum atomic E-state index is -0.844. The number of fused-ring (bicyclic) bond motifs is 1. The van der Waals surface area contributed by atoms with Gasteiger partial charge in [0.25, 0.3) is 0 Å². The third kappa shape index (κ3) is 9.35. The molecule has 2 atom stereocenters. The molecule has 0 aliphatic carbocycles. The SMILES string of the molecule is Nc1ccccc1NC(=O)/C=C/CC[C@H](Oc1ccccc1)[C@@H](OC(=O)Nc1cccc2ccccc12)c1ccc(OCCO)cc1. The molecule has 240 valence electrons. The van der Waals surface area contributed by atoms with E-state index in [1.165, 1.54) is 6.08 Å². The summed E-state index contributed by atoms with van der Waals surface area (Å²) < 4.78 is 18.1. The number of ether oxygens (including phenoxy) is 3. The van der Waals surface area contributed by atoms with Crippen LogP contribution in [0, 0.1) is 0 Å². The molecule has 0 heterocycles.